The molecule has 3 rings (SSSR count). The first-order chi connectivity index (χ1) is 15.0. The van der Waals surface area contributed by atoms with Crippen LogP contribution in [0, 0.1) is 0 Å². The normalized spacial score (nSPS) is 17.5. The van der Waals surface area contributed by atoms with Crippen molar-refractivity contribution in [2.45, 2.75) is 77.2 Å². The first kappa shape index (κ1) is 24.5. The van der Waals surface area contributed by atoms with E-state index in [1.54, 1.807) is 12.5 Å². The van der Waals surface area contributed by atoms with E-state index < -0.39 is 26.0 Å². The third-order valence-corrected chi connectivity index (χ3v) is 6.87. The molecule has 1 aliphatic heterocycles. The van der Waals surface area contributed by atoms with Gasteiger partial charge >= 0.3 is 6.09 Å². The molecule has 0 saturated carbocycles. The van der Waals surface area contributed by atoms with Gasteiger partial charge in [-0.15, -0.1) is 0 Å². The molecule has 32 heavy (non-hydrogen) atoms. The van der Waals surface area contributed by atoms with Crippen molar-refractivity contribution in [3.8, 4) is 11.5 Å². The van der Waals surface area contributed by atoms with Gasteiger partial charge in [-0.3, -0.25) is 5.32 Å². The molecule has 0 unspecified atom stereocenters. The predicted molar refractivity (Wildman–Crippen MR) is 126 cm³/mol. The molecule has 8 heteroatoms. The fourth-order valence-electron chi connectivity index (χ4n) is 3.64. The van der Waals surface area contributed by atoms with Gasteiger partial charge < -0.3 is 18.6 Å². The third-order valence-electron chi connectivity index (χ3n) is 5.17. The van der Waals surface area contributed by atoms with Gasteiger partial charge in [0.1, 0.15) is 18.1 Å². The fourth-order valence-corrected chi connectivity index (χ4v) is 4.37. The van der Waals surface area contributed by atoms with E-state index in [-0.39, 0.29) is 6.10 Å². The zero-order valence-corrected chi connectivity index (χ0v) is 21.1. The molecule has 0 bridgehead atoms. The van der Waals surface area contributed by atoms with Gasteiger partial charge in [0.25, 0.3) is 0 Å². The fraction of sp³-hybridized carbons (Fsp3) is 0.583. The lowest BCUT2D eigenvalue weighted by Gasteiger charge is -2.31. The number of aromatic nitrogens is 1. The molecule has 7 nitrogen and oxygen atoms in total. The van der Waals surface area contributed by atoms with Crippen LogP contribution in [0.3, 0.4) is 0 Å². The summed E-state index contributed by atoms with van der Waals surface area (Å²) in [6.07, 6.45) is 3.30. The first-order valence-electron chi connectivity index (χ1n) is 11.3. The summed E-state index contributed by atoms with van der Waals surface area (Å²) >= 11 is 0. The largest absolute Gasteiger partial charge is 0.445 e. The predicted octanol–water partition coefficient (Wildman–Crippen LogP) is 5.55. The Balaban J connectivity index is 1.77. The number of rotatable bonds is 8. The smallest absolute Gasteiger partial charge is 0.409 e. The van der Waals surface area contributed by atoms with Crippen LogP contribution in [0.15, 0.2) is 35.1 Å². The molecule has 1 aliphatic rings. The highest BCUT2D eigenvalue weighted by Gasteiger charge is 2.29. The standard InChI is InChI=1S/C24H36N2O5Si/c1-24(2,3)31-23(27)26-21(29-14-15-32(4,5)6)16-20-18-8-7-9-19(17(18)10-12-28-20)22-25-11-13-30-22/h7-9,11,13,20-21H,10,12,14-16H2,1-6H3,(H,26,27)/t20-,21-/m1/s1. The van der Waals surface area contributed by atoms with E-state index in [1.807, 2.05) is 32.9 Å². The lowest BCUT2D eigenvalue weighted by molar-refractivity contribution is -0.0373. The minimum absolute atomic E-state index is 0.208. The van der Waals surface area contributed by atoms with Crippen LogP contribution in [0.25, 0.3) is 11.5 Å². The molecule has 1 aromatic heterocycles. The quantitative estimate of drug-likeness (QED) is 0.411. The monoisotopic (exact) mass is 460 g/mol. The van der Waals surface area contributed by atoms with Crippen LogP contribution in [-0.2, 0) is 20.6 Å². The number of nitrogens with zero attached hydrogens (tertiary/aromatic N) is 1. The Morgan fingerprint density at radius 2 is 2.09 bits per heavy atom. The number of carbonyl (C=O) groups excluding carboxylic acids is 1. The number of oxazole rings is 1. The molecule has 0 spiro atoms. The van der Waals surface area contributed by atoms with Crippen LogP contribution in [0.1, 0.15) is 44.4 Å². The Hall–Kier alpha value is -2.16. The molecule has 176 valence electrons. The Morgan fingerprint density at radius 3 is 2.75 bits per heavy atom. The van der Waals surface area contributed by atoms with Crippen molar-refractivity contribution in [2.24, 2.45) is 0 Å². The lowest BCUT2D eigenvalue weighted by Crippen LogP contribution is -2.42. The molecule has 2 aromatic rings. The van der Waals surface area contributed by atoms with Crippen LogP contribution in [0.5, 0.6) is 0 Å². The number of hydrogen-bond acceptors (Lipinski definition) is 6. The molecule has 0 saturated heterocycles. The molecular formula is C24H36N2O5Si. The number of ether oxygens (including phenoxy) is 3. The van der Waals surface area contributed by atoms with Crippen LogP contribution < -0.4 is 5.32 Å². The van der Waals surface area contributed by atoms with E-state index in [4.69, 9.17) is 18.6 Å². The van der Waals surface area contributed by atoms with E-state index >= 15 is 0 Å². The minimum Gasteiger partial charge on any atom is -0.445 e. The van der Waals surface area contributed by atoms with Crippen molar-refractivity contribution in [3.05, 3.63) is 41.8 Å². The molecule has 2 atom stereocenters. The second kappa shape index (κ2) is 10.2. The summed E-state index contributed by atoms with van der Waals surface area (Å²) in [6, 6.07) is 7.09. The summed E-state index contributed by atoms with van der Waals surface area (Å²) in [6.45, 7) is 13.6. The molecule has 2 heterocycles. The number of hydrogen-bond donors (Lipinski definition) is 1. The highest BCUT2D eigenvalue weighted by atomic mass is 28.3. The van der Waals surface area contributed by atoms with Crippen LogP contribution in [-0.4, -0.2) is 44.2 Å². The van der Waals surface area contributed by atoms with Gasteiger partial charge in [-0.25, -0.2) is 9.78 Å². The number of fused-ring (bicyclic) bond motifs is 1. The van der Waals surface area contributed by atoms with E-state index in [9.17, 15) is 4.79 Å². The van der Waals surface area contributed by atoms with Gasteiger partial charge in [-0.2, -0.15) is 0 Å². The molecular weight excluding hydrogens is 424 g/mol. The van der Waals surface area contributed by atoms with Crippen molar-refractivity contribution in [1.82, 2.24) is 10.3 Å². The number of nitrogens with one attached hydrogen (secondary N) is 1. The molecule has 1 amide bonds. The van der Waals surface area contributed by atoms with Crippen molar-refractivity contribution < 1.29 is 23.4 Å². The van der Waals surface area contributed by atoms with E-state index in [2.05, 4.69) is 36.0 Å². The zero-order valence-electron chi connectivity index (χ0n) is 20.1. The summed E-state index contributed by atoms with van der Waals surface area (Å²) < 4.78 is 23.3. The molecule has 1 N–H and O–H groups in total. The number of amides is 1. The molecule has 0 radical (unpaired) electrons. The topological polar surface area (TPSA) is 82.8 Å². The average molecular weight is 461 g/mol. The van der Waals surface area contributed by atoms with Gasteiger partial charge in [-0.05, 0) is 50.4 Å². The van der Waals surface area contributed by atoms with Crippen molar-refractivity contribution in [2.75, 3.05) is 13.2 Å². The van der Waals surface area contributed by atoms with Crippen LogP contribution in [0.4, 0.5) is 4.79 Å². The Kier molecular flexibility index (Phi) is 7.79. The van der Waals surface area contributed by atoms with Crippen LogP contribution in [0.2, 0.25) is 25.7 Å². The maximum atomic E-state index is 12.5. The van der Waals surface area contributed by atoms with Crippen molar-refractivity contribution in [3.63, 3.8) is 0 Å². The SMILES string of the molecule is CC(C)(C)OC(=O)N[C@@H](C[C@H]1OCCc2c(-c3ncco3)cccc21)OCC[Si](C)(C)C. The maximum Gasteiger partial charge on any atom is 0.409 e. The second-order valence-electron chi connectivity index (χ2n) is 10.4. The number of alkyl carbamates (subject to hydrolysis) is 1. The molecule has 1 aromatic carbocycles. The maximum absolute atomic E-state index is 12.5. The van der Waals surface area contributed by atoms with Gasteiger partial charge in [-0.1, -0.05) is 31.8 Å². The highest BCUT2D eigenvalue weighted by molar-refractivity contribution is 6.76. The first-order valence-corrected chi connectivity index (χ1v) is 15.0. The third kappa shape index (κ3) is 7.18. The lowest BCUT2D eigenvalue weighted by atomic mass is 9.91. The minimum atomic E-state index is -1.27. The van der Waals surface area contributed by atoms with Crippen molar-refractivity contribution in [1.29, 1.82) is 0 Å². The van der Waals surface area contributed by atoms with E-state index in [1.165, 1.54) is 5.56 Å². The molecule has 0 fully saturated rings. The Morgan fingerprint density at radius 1 is 1.31 bits per heavy atom. The van der Waals surface area contributed by atoms with E-state index in [0.29, 0.717) is 25.5 Å². The number of carbonyl (C=O) groups is 1. The number of benzene rings is 1. The van der Waals surface area contributed by atoms with Gasteiger partial charge in [0.15, 0.2) is 0 Å². The van der Waals surface area contributed by atoms with Gasteiger partial charge in [0.2, 0.25) is 5.89 Å². The Labute approximate surface area is 191 Å². The van der Waals surface area contributed by atoms with E-state index in [0.717, 1.165) is 23.6 Å². The van der Waals surface area contributed by atoms with Gasteiger partial charge in [0.05, 0.1) is 18.9 Å². The zero-order chi connectivity index (χ0) is 23.4. The summed E-state index contributed by atoms with van der Waals surface area (Å²) in [5.41, 5.74) is 2.66. The summed E-state index contributed by atoms with van der Waals surface area (Å²) in [5.74, 6) is 0.609. The van der Waals surface area contributed by atoms with Gasteiger partial charge in [0, 0.05) is 26.7 Å². The highest BCUT2D eigenvalue weighted by Crippen LogP contribution is 2.36. The average Bonchev–Trinajstić information content (AvgIpc) is 3.19. The second-order valence-corrected chi connectivity index (χ2v) is 16.0. The molecule has 0 aliphatic carbocycles. The van der Waals surface area contributed by atoms with Crippen LogP contribution >= 0.6 is 0 Å². The summed E-state index contributed by atoms with van der Waals surface area (Å²) in [4.78, 5) is 16.8. The summed E-state index contributed by atoms with van der Waals surface area (Å²) in [5, 5.41) is 2.90. The Bertz CT molecular complexity index is 887. The van der Waals surface area contributed by atoms with Crippen molar-refractivity contribution >= 4 is 14.2 Å². The summed E-state index contributed by atoms with van der Waals surface area (Å²) in [7, 11) is -1.27.